The Hall–Kier alpha value is -3.05. The Morgan fingerprint density at radius 3 is 2.70 bits per heavy atom. The molecule has 2 radical (unpaired) electrons. The largest absolute Gasteiger partial charge is 0.453 e. The van der Waals surface area contributed by atoms with E-state index in [0.29, 0.717) is 18.0 Å². The lowest BCUT2D eigenvalue weighted by molar-refractivity contribution is -0.112. The zero-order valence-corrected chi connectivity index (χ0v) is 18.9. The van der Waals surface area contributed by atoms with Gasteiger partial charge in [0.05, 0.1) is 20.8 Å². The Morgan fingerprint density at radius 1 is 1.15 bits per heavy atom. The molecule has 0 amide bonds. The average molecular weight is 464 g/mol. The summed E-state index contributed by atoms with van der Waals surface area (Å²) in [5.74, 6) is 0.220. The molecule has 0 aliphatic rings. The van der Waals surface area contributed by atoms with E-state index in [1.165, 1.54) is 24.5 Å². The third-order valence-electron chi connectivity index (χ3n) is 4.95. The van der Waals surface area contributed by atoms with Crippen LogP contribution in [0.1, 0.15) is 5.56 Å². The maximum atomic E-state index is 14.4. The Kier molecular flexibility index (Phi) is 6.89. The SMILES string of the molecule is [B]C(O)(CNCc1ccc(-c2cc3nccc(Oc4ccc(NC)cc4F)c3s2)nc1)OC. The summed E-state index contributed by atoms with van der Waals surface area (Å²) in [6.45, 7) is 0.550. The maximum Gasteiger partial charge on any atom is 0.167 e. The summed E-state index contributed by atoms with van der Waals surface area (Å²) in [5.41, 5.74) is 1.41. The predicted octanol–water partition coefficient (Wildman–Crippen LogP) is 3.88. The van der Waals surface area contributed by atoms with Crippen molar-refractivity contribution < 1.29 is 19.0 Å². The monoisotopic (exact) mass is 464 g/mol. The number of hydrogen-bond donors (Lipinski definition) is 3. The number of anilines is 1. The van der Waals surface area contributed by atoms with Gasteiger partial charge in [0.15, 0.2) is 19.4 Å². The van der Waals surface area contributed by atoms with Gasteiger partial charge in [-0.25, -0.2) is 4.39 Å². The molecule has 168 valence electrons. The highest BCUT2D eigenvalue weighted by molar-refractivity contribution is 7.22. The topological polar surface area (TPSA) is 88.5 Å². The number of nitrogens with one attached hydrogen (secondary N) is 2. The van der Waals surface area contributed by atoms with E-state index < -0.39 is 11.5 Å². The lowest BCUT2D eigenvalue weighted by atomic mass is 9.95. The molecule has 4 rings (SSSR count). The lowest BCUT2D eigenvalue weighted by Crippen LogP contribution is -2.42. The summed E-state index contributed by atoms with van der Waals surface area (Å²) in [7, 11) is 8.58. The van der Waals surface area contributed by atoms with Crippen LogP contribution in [0.15, 0.2) is 54.9 Å². The highest BCUT2D eigenvalue weighted by atomic mass is 32.1. The molecule has 1 aromatic carbocycles. The molecule has 1 unspecified atom stereocenters. The van der Waals surface area contributed by atoms with Crippen molar-refractivity contribution in [3.05, 3.63) is 66.2 Å². The minimum Gasteiger partial charge on any atom is -0.453 e. The number of aliphatic hydroxyl groups is 1. The number of ether oxygens (including phenoxy) is 2. The van der Waals surface area contributed by atoms with E-state index in [9.17, 15) is 9.50 Å². The number of benzene rings is 1. The van der Waals surface area contributed by atoms with E-state index in [1.54, 1.807) is 37.6 Å². The second kappa shape index (κ2) is 9.84. The smallest absolute Gasteiger partial charge is 0.167 e. The molecule has 0 aliphatic heterocycles. The van der Waals surface area contributed by atoms with Crippen molar-refractivity contribution in [3.8, 4) is 22.1 Å². The van der Waals surface area contributed by atoms with E-state index in [2.05, 4.69) is 20.6 Å². The van der Waals surface area contributed by atoms with Crippen LogP contribution in [0, 0.1) is 5.82 Å². The standard InChI is InChI=1S/C23H22BFN4O3S/c1-26-15-4-6-19(16(25)9-15)32-20-7-8-28-18-10-21(33-22(18)20)17-5-3-14(12-29-17)11-27-13-23(24,30)31-2/h3-10,12,26-27,30H,11,13H2,1-2H3. The maximum absolute atomic E-state index is 14.4. The highest BCUT2D eigenvalue weighted by Crippen LogP contribution is 2.39. The van der Waals surface area contributed by atoms with Gasteiger partial charge in [-0.1, -0.05) is 6.07 Å². The molecule has 0 aliphatic carbocycles. The van der Waals surface area contributed by atoms with Crippen LogP contribution in [-0.2, 0) is 11.3 Å². The van der Waals surface area contributed by atoms with E-state index in [1.807, 2.05) is 18.2 Å². The van der Waals surface area contributed by atoms with Gasteiger partial charge in [-0.05, 0) is 29.8 Å². The molecule has 7 nitrogen and oxygen atoms in total. The van der Waals surface area contributed by atoms with Crippen LogP contribution in [0.2, 0.25) is 0 Å². The van der Waals surface area contributed by atoms with Crippen LogP contribution in [-0.4, -0.2) is 49.3 Å². The Balaban J connectivity index is 1.52. The van der Waals surface area contributed by atoms with E-state index >= 15 is 0 Å². The molecule has 33 heavy (non-hydrogen) atoms. The van der Waals surface area contributed by atoms with Crippen molar-refractivity contribution in [1.82, 2.24) is 15.3 Å². The molecule has 10 heteroatoms. The molecule has 0 saturated carbocycles. The molecule has 3 heterocycles. The Bertz CT molecular complexity index is 1250. The van der Waals surface area contributed by atoms with Gasteiger partial charge in [-0.3, -0.25) is 9.97 Å². The molecule has 0 bridgehead atoms. The van der Waals surface area contributed by atoms with Gasteiger partial charge in [-0.15, -0.1) is 11.3 Å². The predicted molar refractivity (Wildman–Crippen MR) is 128 cm³/mol. The zero-order chi connectivity index (χ0) is 23.4. The van der Waals surface area contributed by atoms with Crippen molar-refractivity contribution in [3.63, 3.8) is 0 Å². The second-order valence-corrected chi connectivity index (χ2v) is 8.39. The van der Waals surface area contributed by atoms with E-state index in [-0.39, 0.29) is 12.3 Å². The summed E-state index contributed by atoms with van der Waals surface area (Å²) in [4.78, 5) is 9.86. The minimum absolute atomic E-state index is 0.0777. The van der Waals surface area contributed by atoms with Gasteiger partial charge >= 0.3 is 0 Å². The third-order valence-corrected chi connectivity index (χ3v) is 6.12. The number of pyridine rings is 2. The number of fused-ring (bicyclic) bond motifs is 1. The lowest BCUT2D eigenvalue weighted by Gasteiger charge is -2.22. The number of hydrogen-bond acceptors (Lipinski definition) is 8. The van der Waals surface area contributed by atoms with Gasteiger partial charge in [-0.2, -0.15) is 0 Å². The minimum atomic E-state index is -1.71. The van der Waals surface area contributed by atoms with E-state index in [0.717, 1.165) is 26.4 Å². The molecule has 4 aromatic rings. The first-order chi connectivity index (χ1) is 15.9. The van der Waals surface area contributed by atoms with Crippen molar-refractivity contribution in [2.75, 3.05) is 26.0 Å². The van der Waals surface area contributed by atoms with Crippen LogP contribution >= 0.6 is 11.3 Å². The summed E-state index contributed by atoms with van der Waals surface area (Å²) in [5, 5.41) is 15.6. The van der Waals surface area contributed by atoms with Gasteiger partial charge in [0.1, 0.15) is 11.4 Å². The van der Waals surface area contributed by atoms with Crippen molar-refractivity contribution >= 4 is 35.1 Å². The van der Waals surface area contributed by atoms with Gasteiger partial charge in [0.25, 0.3) is 0 Å². The number of aromatic nitrogens is 2. The number of nitrogens with zero attached hydrogens (tertiary/aromatic N) is 2. The Morgan fingerprint density at radius 2 is 2.00 bits per heavy atom. The summed E-state index contributed by atoms with van der Waals surface area (Å²) in [6.07, 6.45) is 3.38. The van der Waals surface area contributed by atoms with Crippen LogP contribution in [0.4, 0.5) is 10.1 Å². The molecule has 3 N–H and O–H groups in total. The van der Waals surface area contributed by atoms with Crippen molar-refractivity contribution in [2.24, 2.45) is 0 Å². The number of rotatable bonds is 9. The van der Waals surface area contributed by atoms with Crippen LogP contribution < -0.4 is 15.4 Å². The van der Waals surface area contributed by atoms with Crippen LogP contribution in [0.25, 0.3) is 20.8 Å². The summed E-state index contributed by atoms with van der Waals surface area (Å²) in [6, 6.07) is 12.2. The first kappa shape index (κ1) is 23.1. The van der Waals surface area contributed by atoms with Crippen molar-refractivity contribution in [2.45, 2.75) is 12.2 Å². The fourth-order valence-corrected chi connectivity index (χ4v) is 4.15. The van der Waals surface area contributed by atoms with Gasteiger partial charge in [0.2, 0.25) is 0 Å². The number of halogens is 1. The first-order valence-corrected chi connectivity index (χ1v) is 11.0. The van der Waals surface area contributed by atoms with Crippen LogP contribution in [0.5, 0.6) is 11.5 Å². The van der Waals surface area contributed by atoms with Crippen LogP contribution in [0.3, 0.4) is 0 Å². The molecule has 3 aromatic heterocycles. The highest BCUT2D eigenvalue weighted by Gasteiger charge is 2.17. The van der Waals surface area contributed by atoms with Crippen molar-refractivity contribution in [1.29, 1.82) is 0 Å². The number of methoxy groups -OCH3 is 1. The zero-order valence-electron chi connectivity index (χ0n) is 18.1. The average Bonchev–Trinajstić information content (AvgIpc) is 3.26. The normalized spacial score (nSPS) is 13.1. The molecular formula is C23H22BFN4O3S. The third kappa shape index (κ3) is 5.48. The van der Waals surface area contributed by atoms with Gasteiger partial charge in [0, 0.05) is 57.5 Å². The van der Waals surface area contributed by atoms with E-state index in [4.69, 9.17) is 17.3 Å². The molecule has 0 spiro atoms. The molecule has 0 fully saturated rings. The fourth-order valence-electron chi connectivity index (χ4n) is 3.11. The molecular weight excluding hydrogens is 442 g/mol. The second-order valence-electron chi connectivity index (χ2n) is 7.34. The van der Waals surface area contributed by atoms with Gasteiger partial charge < -0.3 is 25.2 Å². The molecule has 1 atom stereocenters. The number of thiophene rings is 1. The quantitative estimate of drug-likeness (QED) is 0.256. The molecule has 0 saturated heterocycles. The Labute approximate surface area is 196 Å². The summed E-state index contributed by atoms with van der Waals surface area (Å²) >= 11 is 1.47. The fraction of sp³-hybridized carbons (Fsp3) is 0.217. The summed E-state index contributed by atoms with van der Waals surface area (Å²) < 4.78 is 25.8. The first-order valence-electron chi connectivity index (χ1n) is 10.1.